The Labute approximate surface area is 118 Å². The molecule has 6 heteroatoms. The number of nitrogens with two attached hydrogens (primary N) is 1. The summed E-state index contributed by atoms with van der Waals surface area (Å²) < 4.78 is 5.30. The van der Waals surface area contributed by atoms with Crippen molar-refractivity contribution in [2.45, 2.75) is 26.3 Å². The second-order valence-electron chi connectivity index (χ2n) is 4.44. The largest absolute Gasteiger partial charge is 0.382 e. The Morgan fingerprint density at radius 2 is 2.53 bits per heavy atom. The standard InChI is InChI=1S/C13H22N4OS/c1-2-18-8-3-6-15-13(16-14)17-7-4-12-11(10-17)5-9-19-12/h5,9H,2-4,6-8,10,14H2,1H3,(H,15,16). The van der Waals surface area contributed by atoms with Crippen molar-refractivity contribution in [3.63, 3.8) is 0 Å². The molecule has 0 amide bonds. The molecule has 1 aliphatic rings. The van der Waals surface area contributed by atoms with Crippen LogP contribution in [0.3, 0.4) is 0 Å². The van der Waals surface area contributed by atoms with Gasteiger partial charge in [-0.1, -0.05) is 0 Å². The zero-order chi connectivity index (χ0) is 13.5. The fraction of sp³-hybridized carbons (Fsp3) is 0.615. The summed E-state index contributed by atoms with van der Waals surface area (Å²) >= 11 is 1.84. The van der Waals surface area contributed by atoms with Crippen molar-refractivity contribution < 1.29 is 4.74 Å². The smallest absolute Gasteiger partial charge is 0.208 e. The summed E-state index contributed by atoms with van der Waals surface area (Å²) in [6.07, 6.45) is 2.00. The molecule has 106 valence electrons. The van der Waals surface area contributed by atoms with Gasteiger partial charge in [0.05, 0.1) is 0 Å². The number of guanidine groups is 1. The zero-order valence-corrected chi connectivity index (χ0v) is 12.2. The molecule has 0 aromatic carbocycles. The number of aliphatic imine (C=N–C) groups is 1. The molecule has 0 unspecified atom stereocenters. The minimum atomic E-state index is 0.743. The van der Waals surface area contributed by atoms with Gasteiger partial charge in [-0.05, 0) is 36.8 Å². The van der Waals surface area contributed by atoms with Crippen LogP contribution in [-0.2, 0) is 17.7 Å². The summed E-state index contributed by atoms with van der Waals surface area (Å²) in [4.78, 5) is 8.22. The molecule has 2 heterocycles. The molecule has 3 N–H and O–H groups in total. The van der Waals surface area contributed by atoms with Crippen LogP contribution in [0.1, 0.15) is 23.8 Å². The molecule has 0 fully saturated rings. The molecule has 1 aromatic heterocycles. The highest BCUT2D eigenvalue weighted by Crippen LogP contribution is 2.23. The van der Waals surface area contributed by atoms with Crippen LogP contribution in [0.2, 0.25) is 0 Å². The molecule has 0 saturated heterocycles. The van der Waals surface area contributed by atoms with Gasteiger partial charge in [-0.2, -0.15) is 0 Å². The summed E-state index contributed by atoms with van der Waals surface area (Å²) in [5, 5.41) is 2.16. The predicted molar refractivity (Wildman–Crippen MR) is 79.2 cm³/mol. The maximum Gasteiger partial charge on any atom is 0.208 e. The summed E-state index contributed by atoms with van der Waals surface area (Å²) in [7, 11) is 0. The summed E-state index contributed by atoms with van der Waals surface area (Å²) in [5.41, 5.74) is 4.12. The van der Waals surface area contributed by atoms with E-state index >= 15 is 0 Å². The summed E-state index contributed by atoms with van der Waals surface area (Å²) in [6, 6.07) is 2.19. The Kier molecular flexibility index (Phi) is 5.62. The first-order chi connectivity index (χ1) is 9.35. The molecular formula is C13H22N4OS. The van der Waals surface area contributed by atoms with E-state index in [0.717, 1.165) is 51.6 Å². The Hall–Kier alpha value is -1.11. The number of rotatable bonds is 5. The molecule has 0 spiro atoms. The first kappa shape index (κ1) is 14.3. The lowest BCUT2D eigenvalue weighted by molar-refractivity contribution is 0.146. The van der Waals surface area contributed by atoms with Gasteiger partial charge in [-0.25, -0.2) is 5.84 Å². The van der Waals surface area contributed by atoms with Gasteiger partial charge in [0.25, 0.3) is 0 Å². The molecular weight excluding hydrogens is 260 g/mol. The molecule has 19 heavy (non-hydrogen) atoms. The van der Waals surface area contributed by atoms with Crippen molar-refractivity contribution in [2.75, 3.05) is 26.3 Å². The molecule has 2 rings (SSSR count). The third kappa shape index (κ3) is 3.92. The lowest BCUT2D eigenvalue weighted by Gasteiger charge is -2.29. The third-order valence-electron chi connectivity index (χ3n) is 3.15. The Morgan fingerprint density at radius 1 is 1.63 bits per heavy atom. The zero-order valence-electron chi connectivity index (χ0n) is 11.4. The second kappa shape index (κ2) is 7.47. The van der Waals surface area contributed by atoms with Crippen molar-refractivity contribution in [2.24, 2.45) is 10.8 Å². The maximum atomic E-state index is 5.59. The van der Waals surface area contributed by atoms with Crippen molar-refractivity contribution in [1.82, 2.24) is 10.3 Å². The summed E-state index contributed by atoms with van der Waals surface area (Å²) in [6.45, 7) is 6.13. The van der Waals surface area contributed by atoms with E-state index in [1.807, 2.05) is 18.3 Å². The SMILES string of the molecule is CCOCCCN=C(NN)N1CCc2sccc2C1. The van der Waals surface area contributed by atoms with Crippen LogP contribution in [0.15, 0.2) is 16.4 Å². The average molecular weight is 282 g/mol. The Morgan fingerprint density at radius 3 is 3.32 bits per heavy atom. The molecule has 5 nitrogen and oxygen atoms in total. The van der Waals surface area contributed by atoms with Gasteiger partial charge in [-0.3, -0.25) is 10.4 Å². The van der Waals surface area contributed by atoms with E-state index in [4.69, 9.17) is 10.6 Å². The molecule has 0 atom stereocenters. The van der Waals surface area contributed by atoms with Crippen molar-refractivity contribution in [3.8, 4) is 0 Å². The number of nitrogens with zero attached hydrogens (tertiary/aromatic N) is 2. The van der Waals surface area contributed by atoms with Crippen molar-refractivity contribution in [3.05, 3.63) is 21.9 Å². The fourth-order valence-corrected chi connectivity index (χ4v) is 3.05. The van der Waals surface area contributed by atoms with E-state index in [1.165, 1.54) is 10.4 Å². The maximum absolute atomic E-state index is 5.59. The minimum absolute atomic E-state index is 0.743. The lowest BCUT2D eigenvalue weighted by Crippen LogP contribution is -2.46. The molecule has 1 aromatic rings. The first-order valence-electron chi connectivity index (χ1n) is 6.74. The van der Waals surface area contributed by atoms with Crippen LogP contribution in [0.25, 0.3) is 0 Å². The van der Waals surface area contributed by atoms with Gasteiger partial charge in [0.15, 0.2) is 0 Å². The predicted octanol–water partition coefficient (Wildman–Crippen LogP) is 1.35. The van der Waals surface area contributed by atoms with E-state index in [-0.39, 0.29) is 0 Å². The Balaban J connectivity index is 1.86. The molecule has 0 saturated carbocycles. The number of thiophene rings is 1. The normalized spacial score (nSPS) is 15.5. The number of hydrogen-bond donors (Lipinski definition) is 2. The van der Waals surface area contributed by atoms with Gasteiger partial charge in [0, 0.05) is 37.7 Å². The van der Waals surface area contributed by atoms with Crippen LogP contribution in [-0.4, -0.2) is 37.2 Å². The average Bonchev–Trinajstić information content (AvgIpc) is 2.90. The third-order valence-corrected chi connectivity index (χ3v) is 4.17. The van der Waals surface area contributed by atoms with Crippen molar-refractivity contribution >= 4 is 17.3 Å². The first-order valence-corrected chi connectivity index (χ1v) is 7.62. The Bertz CT molecular complexity index is 419. The van der Waals surface area contributed by atoms with Gasteiger partial charge in [0.1, 0.15) is 0 Å². The van der Waals surface area contributed by atoms with Crippen LogP contribution in [0.5, 0.6) is 0 Å². The van der Waals surface area contributed by atoms with E-state index in [2.05, 4.69) is 26.8 Å². The minimum Gasteiger partial charge on any atom is -0.382 e. The number of nitrogens with one attached hydrogen (secondary N) is 1. The van der Waals surface area contributed by atoms with Gasteiger partial charge >= 0.3 is 0 Å². The monoisotopic (exact) mass is 282 g/mol. The highest BCUT2D eigenvalue weighted by molar-refractivity contribution is 7.10. The topological polar surface area (TPSA) is 62.9 Å². The highest BCUT2D eigenvalue weighted by atomic mass is 32.1. The van der Waals surface area contributed by atoms with Crippen LogP contribution < -0.4 is 11.3 Å². The van der Waals surface area contributed by atoms with E-state index in [0.29, 0.717) is 0 Å². The number of hydrazine groups is 1. The van der Waals surface area contributed by atoms with Crippen LogP contribution in [0.4, 0.5) is 0 Å². The van der Waals surface area contributed by atoms with E-state index < -0.39 is 0 Å². The second-order valence-corrected chi connectivity index (χ2v) is 5.44. The number of ether oxygens (including phenoxy) is 1. The molecule has 1 aliphatic heterocycles. The quantitative estimate of drug-likeness (QED) is 0.281. The van der Waals surface area contributed by atoms with E-state index in [1.54, 1.807) is 0 Å². The van der Waals surface area contributed by atoms with Gasteiger partial charge in [0.2, 0.25) is 5.96 Å². The molecule has 0 bridgehead atoms. The molecule has 0 aliphatic carbocycles. The van der Waals surface area contributed by atoms with Crippen molar-refractivity contribution in [1.29, 1.82) is 0 Å². The number of hydrogen-bond acceptors (Lipinski definition) is 4. The van der Waals surface area contributed by atoms with Gasteiger partial charge < -0.3 is 9.64 Å². The molecule has 0 radical (unpaired) electrons. The summed E-state index contributed by atoms with van der Waals surface area (Å²) in [5.74, 6) is 6.37. The highest BCUT2D eigenvalue weighted by Gasteiger charge is 2.19. The number of fused-ring (bicyclic) bond motifs is 1. The lowest BCUT2D eigenvalue weighted by atomic mass is 10.1. The van der Waals surface area contributed by atoms with Crippen LogP contribution >= 0.6 is 11.3 Å². The van der Waals surface area contributed by atoms with Gasteiger partial charge in [-0.15, -0.1) is 11.3 Å². The van der Waals surface area contributed by atoms with E-state index in [9.17, 15) is 0 Å². The van der Waals surface area contributed by atoms with Crippen LogP contribution in [0, 0.1) is 0 Å². The fourth-order valence-electron chi connectivity index (χ4n) is 2.16.